The summed E-state index contributed by atoms with van der Waals surface area (Å²) < 4.78 is 0.935. The van der Waals surface area contributed by atoms with E-state index in [4.69, 9.17) is 11.6 Å². The molecule has 0 spiro atoms. The lowest BCUT2D eigenvalue weighted by atomic mass is 10.2. The molecule has 3 rings (SSSR count). The molecule has 0 bridgehead atoms. The van der Waals surface area contributed by atoms with Gasteiger partial charge in [0.1, 0.15) is 5.15 Å². The number of thiophene rings is 1. The molecule has 0 radical (unpaired) electrons. The normalized spacial score (nSPS) is 11.1. The molecule has 0 aliphatic heterocycles. The summed E-state index contributed by atoms with van der Waals surface area (Å²) in [7, 11) is 0. The zero-order chi connectivity index (χ0) is 13.4. The molecule has 3 aromatic rings. The van der Waals surface area contributed by atoms with E-state index in [9.17, 15) is 0 Å². The van der Waals surface area contributed by atoms with Crippen LogP contribution >= 0.6 is 38.9 Å². The van der Waals surface area contributed by atoms with Gasteiger partial charge in [0, 0.05) is 9.86 Å². The van der Waals surface area contributed by atoms with E-state index in [1.165, 1.54) is 5.56 Å². The van der Waals surface area contributed by atoms with Crippen molar-refractivity contribution in [3.63, 3.8) is 0 Å². The maximum Gasteiger partial charge on any atom is 0.171 e. The number of aryl methyl sites for hydroxylation is 1. The fourth-order valence-corrected chi connectivity index (χ4v) is 3.61. The second kappa shape index (κ2) is 5.19. The van der Waals surface area contributed by atoms with Gasteiger partial charge in [-0.15, -0.1) is 11.3 Å². The Kier molecular flexibility index (Phi) is 3.56. The van der Waals surface area contributed by atoms with Gasteiger partial charge in [-0.2, -0.15) is 0 Å². The number of nitrogens with zero attached hydrogens (tertiary/aromatic N) is 2. The molecule has 5 heteroatoms. The first-order valence-electron chi connectivity index (χ1n) is 5.89. The Labute approximate surface area is 128 Å². The van der Waals surface area contributed by atoms with E-state index in [1.54, 1.807) is 11.3 Å². The van der Waals surface area contributed by atoms with E-state index in [1.807, 2.05) is 18.2 Å². The minimum absolute atomic E-state index is 0.497. The van der Waals surface area contributed by atoms with Crippen molar-refractivity contribution in [1.29, 1.82) is 0 Å². The van der Waals surface area contributed by atoms with Gasteiger partial charge in [-0.05, 0) is 51.5 Å². The molecule has 2 nitrogen and oxygen atoms in total. The molecule has 0 atom stereocenters. The summed E-state index contributed by atoms with van der Waals surface area (Å²) in [6, 6.07) is 7.94. The molecule has 0 amide bonds. The Hall–Kier alpha value is -0.970. The topological polar surface area (TPSA) is 25.8 Å². The average Bonchev–Trinajstić information content (AvgIpc) is 2.88. The highest BCUT2D eigenvalue weighted by Crippen LogP contribution is 2.32. The standard InChI is InChI=1S/C14H10BrClN2S/c1-2-8-6-7-19-12(8)14-17-11-9(13(16)18-14)4-3-5-10(11)15/h3-7H,2H2,1H3. The lowest BCUT2D eigenvalue weighted by Crippen LogP contribution is -1.93. The van der Waals surface area contributed by atoms with Gasteiger partial charge in [-0.1, -0.05) is 24.6 Å². The molecular weight excluding hydrogens is 344 g/mol. The van der Waals surface area contributed by atoms with E-state index in [0.29, 0.717) is 11.0 Å². The molecule has 19 heavy (non-hydrogen) atoms. The first-order chi connectivity index (χ1) is 9.20. The van der Waals surface area contributed by atoms with Gasteiger partial charge in [0.25, 0.3) is 0 Å². The largest absolute Gasteiger partial charge is 0.226 e. The van der Waals surface area contributed by atoms with E-state index in [0.717, 1.165) is 26.7 Å². The van der Waals surface area contributed by atoms with Crippen LogP contribution < -0.4 is 0 Å². The highest BCUT2D eigenvalue weighted by atomic mass is 79.9. The summed E-state index contributed by atoms with van der Waals surface area (Å²) >= 11 is 11.4. The van der Waals surface area contributed by atoms with E-state index >= 15 is 0 Å². The minimum Gasteiger partial charge on any atom is -0.226 e. The quantitative estimate of drug-likeness (QED) is 0.581. The number of hydrogen-bond acceptors (Lipinski definition) is 3. The molecule has 0 fully saturated rings. The van der Waals surface area contributed by atoms with Gasteiger partial charge in [-0.25, -0.2) is 9.97 Å². The first-order valence-corrected chi connectivity index (χ1v) is 7.94. The summed E-state index contributed by atoms with van der Waals surface area (Å²) in [6.45, 7) is 2.13. The van der Waals surface area contributed by atoms with Gasteiger partial charge in [0.15, 0.2) is 5.82 Å². The van der Waals surface area contributed by atoms with Crippen LogP contribution in [0.4, 0.5) is 0 Å². The Morgan fingerprint density at radius 2 is 2.11 bits per heavy atom. The lowest BCUT2D eigenvalue weighted by molar-refractivity contribution is 1.14. The van der Waals surface area contributed by atoms with Crippen LogP contribution in [-0.4, -0.2) is 9.97 Å². The van der Waals surface area contributed by atoms with Gasteiger partial charge < -0.3 is 0 Å². The maximum absolute atomic E-state index is 6.28. The van der Waals surface area contributed by atoms with E-state index in [-0.39, 0.29) is 0 Å². The van der Waals surface area contributed by atoms with E-state index in [2.05, 4.69) is 44.3 Å². The van der Waals surface area contributed by atoms with Gasteiger partial charge in [-0.3, -0.25) is 0 Å². The third-order valence-electron chi connectivity index (χ3n) is 2.96. The molecular formula is C14H10BrClN2S. The molecule has 0 aliphatic carbocycles. The van der Waals surface area contributed by atoms with Crippen molar-refractivity contribution < 1.29 is 0 Å². The van der Waals surface area contributed by atoms with Crippen LogP contribution in [0.3, 0.4) is 0 Å². The predicted octanol–water partition coefficient (Wildman–Crippen LogP) is 5.34. The Balaban J connectivity index is 2.29. The van der Waals surface area contributed by atoms with Crippen LogP contribution in [-0.2, 0) is 6.42 Å². The van der Waals surface area contributed by atoms with Crippen LogP contribution in [0.1, 0.15) is 12.5 Å². The van der Waals surface area contributed by atoms with Crippen molar-refractivity contribution >= 4 is 49.8 Å². The molecule has 0 saturated heterocycles. The molecule has 0 N–H and O–H groups in total. The zero-order valence-corrected chi connectivity index (χ0v) is 13.3. The van der Waals surface area contributed by atoms with Crippen LogP contribution in [0, 0.1) is 0 Å². The van der Waals surface area contributed by atoms with Crippen LogP contribution in [0.5, 0.6) is 0 Å². The zero-order valence-electron chi connectivity index (χ0n) is 10.2. The molecule has 0 saturated carbocycles. The maximum atomic E-state index is 6.28. The summed E-state index contributed by atoms with van der Waals surface area (Å²) in [5.41, 5.74) is 2.11. The van der Waals surface area contributed by atoms with Crippen LogP contribution in [0.2, 0.25) is 5.15 Å². The third kappa shape index (κ3) is 2.29. The van der Waals surface area contributed by atoms with Crippen molar-refractivity contribution in [1.82, 2.24) is 9.97 Å². The highest BCUT2D eigenvalue weighted by molar-refractivity contribution is 9.10. The van der Waals surface area contributed by atoms with Crippen LogP contribution in [0.25, 0.3) is 21.6 Å². The van der Waals surface area contributed by atoms with Crippen molar-refractivity contribution in [2.45, 2.75) is 13.3 Å². The smallest absolute Gasteiger partial charge is 0.171 e. The van der Waals surface area contributed by atoms with Crippen LogP contribution in [0.15, 0.2) is 34.1 Å². The molecule has 2 heterocycles. The van der Waals surface area contributed by atoms with Crippen molar-refractivity contribution in [2.24, 2.45) is 0 Å². The van der Waals surface area contributed by atoms with Crippen molar-refractivity contribution in [3.05, 3.63) is 44.8 Å². The third-order valence-corrected chi connectivity index (χ3v) is 4.84. The highest BCUT2D eigenvalue weighted by Gasteiger charge is 2.13. The summed E-state index contributed by atoms with van der Waals surface area (Å²) in [5.74, 6) is 0.705. The van der Waals surface area contributed by atoms with Crippen molar-refractivity contribution in [3.8, 4) is 10.7 Å². The monoisotopic (exact) mass is 352 g/mol. The SMILES string of the molecule is CCc1ccsc1-c1nc(Cl)c2cccc(Br)c2n1. The van der Waals surface area contributed by atoms with Gasteiger partial charge >= 0.3 is 0 Å². The number of rotatable bonds is 2. The number of para-hydroxylation sites is 1. The molecule has 0 aliphatic rings. The van der Waals surface area contributed by atoms with E-state index < -0.39 is 0 Å². The number of fused-ring (bicyclic) bond motifs is 1. The lowest BCUT2D eigenvalue weighted by Gasteiger charge is -2.06. The number of benzene rings is 1. The van der Waals surface area contributed by atoms with Gasteiger partial charge in [0.05, 0.1) is 10.4 Å². The molecule has 0 unspecified atom stereocenters. The summed E-state index contributed by atoms with van der Waals surface area (Å²) in [5, 5.41) is 3.43. The fourth-order valence-electron chi connectivity index (χ4n) is 1.99. The number of aromatic nitrogens is 2. The Morgan fingerprint density at radius 1 is 1.26 bits per heavy atom. The second-order valence-electron chi connectivity index (χ2n) is 4.10. The Morgan fingerprint density at radius 3 is 2.89 bits per heavy atom. The predicted molar refractivity (Wildman–Crippen MR) is 84.9 cm³/mol. The molecule has 96 valence electrons. The minimum atomic E-state index is 0.497. The summed E-state index contributed by atoms with van der Waals surface area (Å²) in [4.78, 5) is 10.2. The first kappa shape index (κ1) is 13.0. The summed E-state index contributed by atoms with van der Waals surface area (Å²) in [6.07, 6.45) is 0.966. The molecule has 2 aromatic heterocycles. The Bertz CT molecular complexity index is 754. The van der Waals surface area contributed by atoms with Crippen molar-refractivity contribution in [2.75, 3.05) is 0 Å². The number of halogens is 2. The molecule has 1 aromatic carbocycles. The van der Waals surface area contributed by atoms with Gasteiger partial charge in [0.2, 0.25) is 0 Å². The average molecular weight is 354 g/mol. The second-order valence-corrected chi connectivity index (χ2v) is 6.23. The fraction of sp³-hybridized carbons (Fsp3) is 0.143. The number of hydrogen-bond donors (Lipinski definition) is 0.